The maximum Gasteiger partial charge on any atom is 0.272 e. The maximum atomic E-state index is 13.8. The number of nitro groups is 1. The third kappa shape index (κ3) is 2.49. The van der Waals surface area contributed by atoms with Crippen molar-refractivity contribution in [2.75, 3.05) is 5.32 Å². The standard InChI is InChI=1S/C19H17FN2O3/c20-14-8-13(9-15(11-14)22(24)25)12-4-5-17-16(10-12)19(18(23)21-17)6-2-1-3-7-19/h4-5,8-11H,1-3,6-7H2,(H,21,23). The van der Waals surface area contributed by atoms with E-state index in [0.717, 1.165) is 49.4 Å². The zero-order valence-corrected chi connectivity index (χ0v) is 13.5. The summed E-state index contributed by atoms with van der Waals surface area (Å²) in [6.45, 7) is 0. The van der Waals surface area contributed by atoms with Crippen molar-refractivity contribution in [2.24, 2.45) is 0 Å². The minimum atomic E-state index is -0.647. The van der Waals surface area contributed by atoms with Gasteiger partial charge < -0.3 is 5.32 Å². The number of fused-ring (bicyclic) bond motifs is 2. The van der Waals surface area contributed by atoms with Crippen molar-refractivity contribution in [3.05, 3.63) is 57.9 Å². The topological polar surface area (TPSA) is 72.2 Å². The number of amides is 1. The predicted octanol–water partition coefficient (Wildman–Crippen LogP) is 4.55. The Balaban J connectivity index is 1.83. The Morgan fingerprint density at radius 2 is 1.80 bits per heavy atom. The van der Waals surface area contributed by atoms with Crippen LogP contribution in [-0.2, 0) is 10.2 Å². The number of hydrogen-bond acceptors (Lipinski definition) is 3. The highest BCUT2D eigenvalue weighted by molar-refractivity contribution is 6.06. The maximum absolute atomic E-state index is 13.8. The van der Waals surface area contributed by atoms with Crippen molar-refractivity contribution in [1.29, 1.82) is 0 Å². The summed E-state index contributed by atoms with van der Waals surface area (Å²) in [5.74, 6) is -0.615. The van der Waals surface area contributed by atoms with E-state index in [2.05, 4.69) is 5.32 Å². The summed E-state index contributed by atoms with van der Waals surface area (Å²) >= 11 is 0. The first-order valence-electron chi connectivity index (χ1n) is 8.41. The summed E-state index contributed by atoms with van der Waals surface area (Å²) in [5.41, 5.74) is 2.06. The largest absolute Gasteiger partial charge is 0.325 e. The van der Waals surface area contributed by atoms with Gasteiger partial charge in [0.1, 0.15) is 5.82 Å². The van der Waals surface area contributed by atoms with Gasteiger partial charge >= 0.3 is 0 Å². The summed E-state index contributed by atoms with van der Waals surface area (Å²) in [6, 6.07) is 9.01. The smallest absolute Gasteiger partial charge is 0.272 e. The zero-order chi connectivity index (χ0) is 17.6. The summed E-state index contributed by atoms with van der Waals surface area (Å²) in [5, 5.41) is 13.9. The van der Waals surface area contributed by atoms with Crippen molar-refractivity contribution in [3.63, 3.8) is 0 Å². The van der Waals surface area contributed by atoms with Gasteiger partial charge in [-0.3, -0.25) is 14.9 Å². The molecule has 0 bridgehead atoms. The highest BCUT2D eigenvalue weighted by Gasteiger charge is 2.47. The molecule has 1 heterocycles. The van der Waals surface area contributed by atoms with Crippen LogP contribution < -0.4 is 5.32 Å². The second-order valence-electron chi connectivity index (χ2n) is 6.81. The Morgan fingerprint density at radius 1 is 1.04 bits per heavy atom. The summed E-state index contributed by atoms with van der Waals surface area (Å²) in [6.07, 6.45) is 4.74. The molecule has 2 aromatic carbocycles. The molecule has 1 aliphatic heterocycles. The van der Waals surface area contributed by atoms with Crippen LogP contribution in [0.25, 0.3) is 11.1 Å². The lowest BCUT2D eigenvalue weighted by Crippen LogP contribution is -2.36. The van der Waals surface area contributed by atoms with Gasteiger partial charge in [0, 0.05) is 11.8 Å². The van der Waals surface area contributed by atoms with E-state index >= 15 is 0 Å². The Hall–Kier alpha value is -2.76. The molecule has 1 saturated carbocycles. The monoisotopic (exact) mass is 340 g/mol. The van der Waals surface area contributed by atoms with Crippen molar-refractivity contribution in [3.8, 4) is 11.1 Å². The fraction of sp³-hybridized carbons (Fsp3) is 0.316. The molecule has 6 heteroatoms. The van der Waals surface area contributed by atoms with Crippen LogP contribution in [0, 0.1) is 15.9 Å². The molecule has 0 saturated heterocycles. The molecular weight excluding hydrogens is 323 g/mol. The van der Waals surface area contributed by atoms with Gasteiger partial charge in [-0.05, 0) is 47.7 Å². The predicted molar refractivity (Wildman–Crippen MR) is 91.9 cm³/mol. The molecule has 1 spiro atoms. The molecular formula is C19H17FN2O3. The van der Waals surface area contributed by atoms with E-state index < -0.39 is 16.2 Å². The lowest BCUT2D eigenvalue weighted by atomic mass is 9.70. The average Bonchev–Trinajstić information content (AvgIpc) is 2.86. The molecule has 1 fully saturated rings. The number of halogens is 1. The van der Waals surface area contributed by atoms with Crippen LogP contribution in [0.4, 0.5) is 15.8 Å². The molecule has 0 aromatic heterocycles. The number of hydrogen-bond donors (Lipinski definition) is 1. The Kier molecular flexibility index (Phi) is 3.56. The van der Waals surface area contributed by atoms with Gasteiger partial charge in [0.05, 0.1) is 16.4 Å². The average molecular weight is 340 g/mol. The van der Waals surface area contributed by atoms with Gasteiger partial charge in [0.2, 0.25) is 5.91 Å². The number of carbonyl (C=O) groups is 1. The molecule has 1 amide bonds. The van der Waals surface area contributed by atoms with Gasteiger partial charge in [0.15, 0.2) is 0 Å². The highest BCUT2D eigenvalue weighted by atomic mass is 19.1. The molecule has 25 heavy (non-hydrogen) atoms. The van der Waals surface area contributed by atoms with Crippen LogP contribution in [0.5, 0.6) is 0 Å². The Bertz CT molecular complexity index is 888. The van der Waals surface area contributed by atoms with Crippen LogP contribution in [0.15, 0.2) is 36.4 Å². The number of benzene rings is 2. The highest BCUT2D eigenvalue weighted by Crippen LogP contribution is 2.48. The van der Waals surface area contributed by atoms with Gasteiger partial charge in [-0.1, -0.05) is 25.3 Å². The first kappa shape index (κ1) is 15.7. The van der Waals surface area contributed by atoms with E-state index in [1.807, 2.05) is 12.1 Å². The first-order chi connectivity index (χ1) is 12.0. The fourth-order valence-electron chi connectivity index (χ4n) is 4.09. The van der Waals surface area contributed by atoms with Crippen molar-refractivity contribution in [1.82, 2.24) is 0 Å². The van der Waals surface area contributed by atoms with E-state index in [4.69, 9.17) is 0 Å². The third-order valence-corrected chi connectivity index (χ3v) is 5.35. The number of nitrogens with zero attached hydrogens (tertiary/aromatic N) is 1. The minimum Gasteiger partial charge on any atom is -0.325 e. The van der Waals surface area contributed by atoms with E-state index in [1.165, 1.54) is 12.1 Å². The number of nitrogens with one attached hydrogen (secondary N) is 1. The summed E-state index contributed by atoms with van der Waals surface area (Å²) < 4.78 is 13.8. The van der Waals surface area contributed by atoms with Gasteiger partial charge in [-0.25, -0.2) is 4.39 Å². The molecule has 1 aliphatic carbocycles. The van der Waals surface area contributed by atoms with Crippen LogP contribution in [-0.4, -0.2) is 10.8 Å². The van der Waals surface area contributed by atoms with Crippen molar-refractivity contribution < 1.29 is 14.1 Å². The summed E-state index contributed by atoms with van der Waals surface area (Å²) in [4.78, 5) is 23.0. The van der Waals surface area contributed by atoms with E-state index in [9.17, 15) is 19.3 Å². The second kappa shape index (κ2) is 5.65. The molecule has 2 aromatic rings. The lowest BCUT2D eigenvalue weighted by molar-refractivity contribution is -0.385. The second-order valence-corrected chi connectivity index (χ2v) is 6.81. The van der Waals surface area contributed by atoms with Crippen LogP contribution >= 0.6 is 0 Å². The van der Waals surface area contributed by atoms with Gasteiger partial charge in [-0.15, -0.1) is 0 Å². The van der Waals surface area contributed by atoms with Crippen LogP contribution in [0.3, 0.4) is 0 Å². The van der Waals surface area contributed by atoms with Crippen LogP contribution in [0.1, 0.15) is 37.7 Å². The minimum absolute atomic E-state index is 0.0320. The van der Waals surface area contributed by atoms with E-state index in [1.54, 1.807) is 6.07 Å². The molecule has 1 N–H and O–H groups in total. The Labute approximate surface area is 144 Å². The molecule has 0 atom stereocenters. The molecule has 0 radical (unpaired) electrons. The molecule has 4 rings (SSSR count). The number of rotatable bonds is 2. The van der Waals surface area contributed by atoms with E-state index in [0.29, 0.717) is 11.1 Å². The number of anilines is 1. The molecule has 0 unspecified atom stereocenters. The van der Waals surface area contributed by atoms with Gasteiger partial charge in [0.25, 0.3) is 5.69 Å². The SMILES string of the molecule is O=C1Nc2ccc(-c3cc(F)cc([N+](=O)[O-])c3)cc2C12CCCCC2. The summed E-state index contributed by atoms with van der Waals surface area (Å²) in [7, 11) is 0. The van der Waals surface area contributed by atoms with Crippen LogP contribution in [0.2, 0.25) is 0 Å². The normalized spacial score (nSPS) is 18.0. The van der Waals surface area contributed by atoms with Crippen molar-refractivity contribution in [2.45, 2.75) is 37.5 Å². The fourth-order valence-corrected chi connectivity index (χ4v) is 4.09. The number of carbonyl (C=O) groups excluding carboxylic acids is 1. The lowest BCUT2D eigenvalue weighted by Gasteiger charge is -2.31. The van der Waals surface area contributed by atoms with Crippen molar-refractivity contribution >= 4 is 17.3 Å². The zero-order valence-electron chi connectivity index (χ0n) is 13.5. The molecule has 2 aliphatic rings. The Morgan fingerprint density at radius 3 is 2.52 bits per heavy atom. The number of nitro benzene ring substituents is 1. The molecule has 128 valence electrons. The van der Waals surface area contributed by atoms with Gasteiger partial charge in [-0.2, -0.15) is 0 Å². The number of non-ortho nitro benzene ring substituents is 1. The van der Waals surface area contributed by atoms with E-state index in [-0.39, 0.29) is 11.6 Å². The molecule has 5 nitrogen and oxygen atoms in total. The quantitative estimate of drug-likeness (QED) is 0.643. The first-order valence-corrected chi connectivity index (χ1v) is 8.41. The third-order valence-electron chi connectivity index (χ3n) is 5.35.